The molecule has 1 heterocycles. The van der Waals surface area contributed by atoms with Crippen molar-refractivity contribution < 1.29 is 9.53 Å². The van der Waals surface area contributed by atoms with E-state index >= 15 is 0 Å². The van der Waals surface area contributed by atoms with E-state index in [2.05, 4.69) is 17.6 Å². The van der Waals surface area contributed by atoms with Crippen molar-refractivity contribution in [2.75, 3.05) is 26.8 Å². The zero-order chi connectivity index (χ0) is 10.4. The summed E-state index contributed by atoms with van der Waals surface area (Å²) >= 11 is 0. The van der Waals surface area contributed by atoms with Crippen LogP contribution >= 0.6 is 12.4 Å². The number of hydrogen-bond acceptors (Lipinski definition) is 3. The van der Waals surface area contributed by atoms with Gasteiger partial charge in [0, 0.05) is 13.2 Å². The summed E-state index contributed by atoms with van der Waals surface area (Å²) in [5.41, 5.74) is 0. The van der Waals surface area contributed by atoms with Gasteiger partial charge in [-0.05, 0) is 38.8 Å². The Balaban J connectivity index is 0.00000196. The first-order valence-electron chi connectivity index (χ1n) is 5.23. The summed E-state index contributed by atoms with van der Waals surface area (Å²) in [5.74, 6) is 0.537. The molecular formula is C10H21ClN2O2. The van der Waals surface area contributed by atoms with Crippen molar-refractivity contribution in [3.05, 3.63) is 0 Å². The molecule has 2 atom stereocenters. The largest absolute Gasteiger partial charge is 0.375 e. The third-order valence-corrected chi connectivity index (χ3v) is 2.71. The highest BCUT2D eigenvalue weighted by atomic mass is 35.5. The van der Waals surface area contributed by atoms with Crippen LogP contribution in [0.5, 0.6) is 0 Å². The molecule has 0 aromatic heterocycles. The van der Waals surface area contributed by atoms with E-state index in [0.717, 1.165) is 13.1 Å². The van der Waals surface area contributed by atoms with Gasteiger partial charge in [-0.25, -0.2) is 0 Å². The van der Waals surface area contributed by atoms with Gasteiger partial charge in [0.25, 0.3) is 0 Å². The Kier molecular flexibility index (Phi) is 7.74. The van der Waals surface area contributed by atoms with E-state index in [9.17, 15) is 4.79 Å². The predicted molar refractivity (Wildman–Crippen MR) is 62.3 cm³/mol. The molecule has 1 amide bonds. The smallest absolute Gasteiger partial charge is 0.246 e. The third kappa shape index (κ3) is 5.35. The lowest BCUT2D eigenvalue weighted by Gasteiger charge is -2.28. The molecule has 0 saturated carbocycles. The fraction of sp³-hybridized carbons (Fsp3) is 0.900. The molecule has 0 radical (unpaired) electrons. The molecule has 2 N–H and O–H groups in total. The second kappa shape index (κ2) is 7.91. The molecular weight excluding hydrogens is 216 g/mol. The summed E-state index contributed by atoms with van der Waals surface area (Å²) in [5, 5.41) is 6.28. The van der Waals surface area contributed by atoms with Gasteiger partial charge in [0.15, 0.2) is 0 Å². The molecule has 1 rings (SSSR count). The third-order valence-electron chi connectivity index (χ3n) is 2.71. The predicted octanol–water partition coefficient (Wildman–Crippen LogP) is 0.559. The van der Waals surface area contributed by atoms with Gasteiger partial charge in [0.05, 0.1) is 0 Å². The Labute approximate surface area is 97.5 Å². The molecule has 2 unspecified atom stereocenters. The normalized spacial score (nSPS) is 22.7. The zero-order valence-corrected chi connectivity index (χ0v) is 10.2. The Morgan fingerprint density at radius 2 is 2.40 bits per heavy atom. The first-order valence-corrected chi connectivity index (χ1v) is 5.23. The van der Waals surface area contributed by atoms with Crippen molar-refractivity contribution in [1.82, 2.24) is 10.6 Å². The SMILES string of the molecule is COCC(=O)NC(C)C1CCCNC1.Cl. The number of hydrogen-bond donors (Lipinski definition) is 2. The molecule has 1 saturated heterocycles. The molecule has 4 nitrogen and oxygen atoms in total. The summed E-state index contributed by atoms with van der Waals surface area (Å²) < 4.78 is 4.76. The van der Waals surface area contributed by atoms with Crippen molar-refractivity contribution in [2.24, 2.45) is 5.92 Å². The molecule has 90 valence electrons. The quantitative estimate of drug-likeness (QED) is 0.750. The van der Waals surface area contributed by atoms with Gasteiger partial charge in [0.2, 0.25) is 5.91 Å². The van der Waals surface area contributed by atoms with E-state index in [0.29, 0.717) is 5.92 Å². The number of rotatable bonds is 4. The van der Waals surface area contributed by atoms with Crippen molar-refractivity contribution in [2.45, 2.75) is 25.8 Å². The van der Waals surface area contributed by atoms with Crippen LogP contribution in [0.3, 0.4) is 0 Å². The topological polar surface area (TPSA) is 50.4 Å². The minimum atomic E-state index is -0.0226. The fourth-order valence-electron chi connectivity index (χ4n) is 1.85. The highest BCUT2D eigenvalue weighted by Crippen LogP contribution is 2.13. The van der Waals surface area contributed by atoms with Crippen LogP contribution in [-0.2, 0) is 9.53 Å². The molecule has 0 bridgehead atoms. The van der Waals surface area contributed by atoms with Crippen LogP contribution in [0.2, 0.25) is 0 Å². The van der Waals surface area contributed by atoms with Gasteiger partial charge >= 0.3 is 0 Å². The van der Waals surface area contributed by atoms with Gasteiger partial charge in [-0.15, -0.1) is 12.4 Å². The Morgan fingerprint density at radius 3 is 2.93 bits per heavy atom. The van der Waals surface area contributed by atoms with Gasteiger partial charge in [-0.1, -0.05) is 0 Å². The van der Waals surface area contributed by atoms with Crippen LogP contribution < -0.4 is 10.6 Å². The lowest BCUT2D eigenvalue weighted by atomic mass is 9.93. The number of ether oxygens (including phenoxy) is 1. The second-order valence-corrected chi connectivity index (χ2v) is 3.90. The molecule has 0 aliphatic carbocycles. The van der Waals surface area contributed by atoms with E-state index in [-0.39, 0.29) is 31.0 Å². The number of amides is 1. The van der Waals surface area contributed by atoms with Crippen molar-refractivity contribution in [3.8, 4) is 0 Å². The van der Waals surface area contributed by atoms with E-state index in [1.807, 2.05) is 0 Å². The van der Waals surface area contributed by atoms with Gasteiger partial charge in [-0.2, -0.15) is 0 Å². The number of carbonyl (C=O) groups is 1. The summed E-state index contributed by atoms with van der Waals surface area (Å²) in [4.78, 5) is 11.2. The van der Waals surface area contributed by atoms with Crippen LogP contribution in [0.25, 0.3) is 0 Å². The number of halogens is 1. The first-order chi connectivity index (χ1) is 6.74. The average Bonchev–Trinajstić information content (AvgIpc) is 2.19. The highest BCUT2D eigenvalue weighted by Gasteiger charge is 2.20. The van der Waals surface area contributed by atoms with Crippen molar-refractivity contribution in [1.29, 1.82) is 0 Å². The maximum atomic E-state index is 11.2. The number of methoxy groups -OCH3 is 1. The highest BCUT2D eigenvalue weighted by molar-refractivity contribution is 5.85. The number of nitrogens with one attached hydrogen (secondary N) is 2. The first kappa shape index (κ1) is 14.7. The number of carbonyl (C=O) groups excluding carboxylic acids is 1. The van der Waals surface area contributed by atoms with E-state index in [1.54, 1.807) is 0 Å². The lowest BCUT2D eigenvalue weighted by molar-refractivity contribution is -0.125. The average molecular weight is 237 g/mol. The Hall–Kier alpha value is -0.320. The molecule has 15 heavy (non-hydrogen) atoms. The summed E-state index contributed by atoms with van der Waals surface area (Å²) in [6, 6.07) is 0.241. The van der Waals surface area contributed by atoms with Crippen LogP contribution in [0.1, 0.15) is 19.8 Å². The Bertz CT molecular complexity index is 184. The van der Waals surface area contributed by atoms with Crippen LogP contribution in [0.15, 0.2) is 0 Å². The minimum absolute atomic E-state index is 0. The summed E-state index contributed by atoms with van der Waals surface area (Å²) in [6.45, 7) is 4.33. The second-order valence-electron chi connectivity index (χ2n) is 3.90. The van der Waals surface area contributed by atoms with Crippen LogP contribution in [0, 0.1) is 5.92 Å². The molecule has 1 aliphatic rings. The minimum Gasteiger partial charge on any atom is -0.375 e. The Morgan fingerprint density at radius 1 is 1.67 bits per heavy atom. The molecule has 5 heteroatoms. The molecule has 0 spiro atoms. The molecule has 1 fully saturated rings. The summed E-state index contributed by atoms with van der Waals surface area (Å²) in [6.07, 6.45) is 2.40. The van der Waals surface area contributed by atoms with Crippen LogP contribution in [-0.4, -0.2) is 38.8 Å². The van der Waals surface area contributed by atoms with E-state index < -0.39 is 0 Å². The van der Waals surface area contributed by atoms with Crippen LogP contribution in [0.4, 0.5) is 0 Å². The van der Waals surface area contributed by atoms with E-state index in [1.165, 1.54) is 20.0 Å². The number of piperidine rings is 1. The molecule has 0 aromatic rings. The molecule has 0 aromatic carbocycles. The standard InChI is InChI=1S/C10H20N2O2.ClH/c1-8(12-10(13)7-14-2)9-4-3-5-11-6-9;/h8-9,11H,3-7H2,1-2H3,(H,12,13);1H. The van der Waals surface area contributed by atoms with Crippen molar-refractivity contribution in [3.63, 3.8) is 0 Å². The maximum absolute atomic E-state index is 11.2. The van der Waals surface area contributed by atoms with E-state index in [4.69, 9.17) is 4.74 Å². The lowest BCUT2D eigenvalue weighted by Crippen LogP contribution is -2.45. The van der Waals surface area contributed by atoms with Crippen molar-refractivity contribution >= 4 is 18.3 Å². The fourth-order valence-corrected chi connectivity index (χ4v) is 1.85. The molecule has 1 aliphatic heterocycles. The monoisotopic (exact) mass is 236 g/mol. The van der Waals surface area contributed by atoms with Gasteiger partial charge < -0.3 is 15.4 Å². The zero-order valence-electron chi connectivity index (χ0n) is 9.41. The maximum Gasteiger partial charge on any atom is 0.246 e. The van der Waals surface area contributed by atoms with Gasteiger partial charge in [-0.3, -0.25) is 4.79 Å². The van der Waals surface area contributed by atoms with Gasteiger partial charge in [0.1, 0.15) is 6.61 Å². The summed E-state index contributed by atoms with van der Waals surface area (Å²) in [7, 11) is 1.53.